The zero-order valence-electron chi connectivity index (χ0n) is 7.34. The van der Waals surface area contributed by atoms with Crippen LogP contribution in [0.25, 0.3) is 0 Å². The molecule has 0 radical (unpaired) electrons. The fourth-order valence-electron chi connectivity index (χ4n) is 1.36. The van der Waals surface area contributed by atoms with Gasteiger partial charge in [-0.15, -0.1) is 11.3 Å². The first kappa shape index (κ1) is 9.57. The van der Waals surface area contributed by atoms with E-state index in [0.717, 1.165) is 0 Å². The van der Waals surface area contributed by atoms with Gasteiger partial charge in [0.2, 0.25) is 0 Å². The van der Waals surface area contributed by atoms with Crippen LogP contribution in [0, 0.1) is 10.1 Å². The highest BCUT2D eigenvalue weighted by Crippen LogP contribution is 2.32. The third-order valence-corrected chi connectivity index (χ3v) is 3.07. The van der Waals surface area contributed by atoms with E-state index < -0.39 is 10.6 Å². The second-order valence-corrected chi connectivity index (χ2v) is 3.87. The molecule has 1 aromatic heterocycles. The van der Waals surface area contributed by atoms with Crippen LogP contribution in [0.1, 0.15) is 4.88 Å². The maximum Gasteiger partial charge on any atom is 0.383 e. The normalized spacial score (nSPS) is 27.4. The molecule has 2 heterocycles. The molecule has 1 aliphatic rings. The lowest BCUT2D eigenvalue weighted by Gasteiger charge is -2.27. The molecule has 6 heteroatoms. The van der Waals surface area contributed by atoms with Gasteiger partial charge in [0, 0.05) is 0 Å². The fraction of sp³-hybridized carbons (Fsp3) is 0.500. The summed E-state index contributed by atoms with van der Waals surface area (Å²) in [6.45, 7) is 0.667. The lowest BCUT2D eigenvalue weighted by molar-refractivity contribution is -0.651. The molecular formula is C8H9NO4S. The molecule has 1 aliphatic heterocycles. The standard InChI is InChI=1S/C8H9NO4S/c10-9(11)8(6-12-3-4-13-8)7-2-1-5-14-7/h1-2,5H,3-4,6H2. The van der Waals surface area contributed by atoms with Gasteiger partial charge in [0.15, 0.2) is 0 Å². The van der Waals surface area contributed by atoms with Crippen LogP contribution in [-0.2, 0) is 15.2 Å². The Hall–Kier alpha value is -0.980. The largest absolute Gasteiger partial charge is 0.383 e. The van der Waals surface area contributed by atoms with Gasteiger partial charge in [-0.3, -0.25) is 10.1 Å². The average Bonchev–Trinajstić information content (AvgIpc) is 2.72. The number of rotatable bonds is 2. The third kappa shape index (κ3) is 1.41. The summed E-state index contributed by atoms with van der Waals surface area (Å²) in [5.74, 6) is 0. The SMILES string of the molecule is O=[N+]([O-])C1(c2cccs2)COCCO1. The van der Waals surface area contributed by atoms with Crippen LogP contribution in [0.3, 0.4) is 0 Å². The number of ether oxygens (including phenoxy) is 2. The number of hydrogen-bond acceptors (Lipinski definition) is 5. The van der Waals surface area contributed by atoms with E-state index in [1.165, 1.54) is 11.3 Å². The van der Waals surface area contributed by atoms with Crippen molar-refractivity contribution in [3.8, 4) is 0 Å². The molecule has 0 bridgehead atoms. The van der Waals surface area contributed by atoms with Crippen LogP contribution in [0.5, 0.6) is 0 Å². The molecule has 14 heavy (non-hydrogen) atoms. The predicted octanol–water partition coefficient (Wildman–Crippen LogP) is 1.22. The number of thiophene rings is 1. The van der Waals surface area contributed by atoms with Crippen LogP contribution < -0.4 is 0 Å². The summed E-state index contributed by atoms with van der Waals surface area (Å²) in [7, 11) is 0. The minimum atomic E-state index is -1.48. The van der Waals surface area contributed by atoms with Gasteiger partial charge in [0.05, 0.1) is 18.1 Å². The van der Waals surface area contributed by atoms with Crippen molar-refractivity contribution >= 4 is 11.3 Å². The minimum Gasteiger partial charge on any atom is -0.368 e. The quantitative estimate of drug-likeness (QED) is 0.549. The van der Waals surface area contributed by atoms with E-state index in [0.29, 0.717) is 11.5 Å². The minimum absolute atomic E-state index is 0.0134. The number of hydrogen-bond donors (Lipinski definition) is 0. The molecular weight excluding hydrogens is 206 g/mol. The maximum atomic E-state index is 11.0. The van der Waals surface area contributed by atoms with Crippen LogP contribution in [0.15, 0.2) is 17.5 Å². The summed E-state index contributed by atoms with van der Waals surface area (Å²) < 4.78 is 10.4. The molecule has 0 N–H and O–H groups in total. The van der Waals surface area contributed by atoms with Crippen molar-refractivity contribution in [3.63, 3.8) is 0 Å². The van der Waals surface area contributed by atoms with Crippen molar-refractivity contribution in [2.75, 3.05) is 19.8 Å². The summed E-state index contributed by atoms with van der Waals surface area (Å²) in [6.07, 6.45) is 0. The topological polar surface area (TPSA) is 61.6 Å². The van der Waals surface area contributed by atoms with E-state index in [9.17, 15) is 10.1 Å². The molecule has 1 atom stereocenters. The summed E-state index contributed by atoms with van der Waals surface area (Å²) in [6, 6.07) is 3.46. The van der Waals surface area contributed by atoms with E-state index in [2.05, 4.69) is 0 Å². The van der Waals surface area contributed by atoms with Crippen LogP contribution in [0.4, 0.5) is 0 Å². The predicted molar refractivity (Wildman–Crippen MR) is 49.8 cm³/mol. The Kier molecular flexibility index (Phi) is 2.49. The monoisotopic (exact) mass is 215 g/mol. The molecule has 76 valence electrons. The molecule has 0 saturated carbocycles. The average molecular weight is 215 g/mol. The molecule has 5 nitrogen and oxygen atoms in total. The molecule has 0 aliphatic carbocycles. The van der Waals surface area contributed by atoms with E-state index in [4.69, 9.17) is 9.47 Å². The molecule has 1 aromatic rings. The van der Waals surface area contributed by atoms with Gasteiger partial charge in [0.25, 0.3) is 0 Å². The van der Waals surface area contributed by atoms with Gasteiger partial charge in [0.1, 0.15) is 11.5 Å². The van der Waals surface area contributed by atoms with Gasteiger partial charge in [-0.1, -0.05) is 6.07 Å². The molecule has 1 unspecified atom stereocenters. The van der Waals surface area contributed by atoms with Crippen LogP contribution >= 0.6 is 11.3 Å². The van der Waals surface area contributed by atoms with Crippen molar-refractivity contribution in [1.29, 1.82) is 0 Å². The highest BCUT2D eigenvalue weighted by molar-refractivity contribution is 7.10. The zero-order valence-corrected chi connectivity index (χ0v) is 8.16. The first-order chi connectivity index (χ1) is 6.76. The smallest absolute Gasteiger partial charge is 0.368 e. The van der Waals surface area contributed by atoms with Crippen molar-refractivity contribution in [2.45, 2.75) is 5.72 Å². The van der Waals surface area contributed by atoms with Gasteiger partial charge >= 0.3 is 5.72 Å². The molecule has 1 fully saturated rings. The Morgan fingerprint density at radius 2 is 2.43 bits per heavy atom. The van der Waals surface area contributed by atoms with E-state index in [1.807, 2.05) is 0 Å². The highest BCUT2D eigenvalue weighted by Gasteiger charge is 2.49. The molecule has 2 rings (SSSR count). The maximum absolute atomic E-state index is 11.0. The second kappa shape index (κ2) is 3.64. The molecule has 0 amide bonds. The molecule has 0 spiro atoms. The lowest BCUT2D eigenvalue weighted by Crippen LogP contribution is -2.46. The van der Waals surface area contributed by atoms with Gasteiger partial charge < -0.3 is 9.47 Å². The van der Waals surface area contributed by atoms with Crippen molar-refractivity contribution in [3.05, 3.63) is 32.5 Å². The van der Waals surface area contributed by atoms with Crippen LogP contribution in [0.2, 0.25) is 0 Å². The molecule has 0 aromatic carbocycles. The van der Waals surface area contributed by atoms with Gasteiger partial charge in [-0.2, -0.15) is 0 Å². The highest BCUT2D eigenvalue weighted by atomic mass is 32.1. The first-order valence-corrected chi connectivity index (χ1v) is 5.04. The van der Waals surface area contributed by atoms with Gasteiger partial charge in [-0.25, -0.2) is 0 Å². The van der Waals surface area contributed by atoms with E-state index in [1.54, 1.807) is 17.5 Å². The first-order valence-electron chi connectivity index (χ1n) is 4.16. The third-order valence-electron chi connectivity index (χ3n) is 2.07. The fourth-order valence-corrected chi connectivity index (χ4v) is 2.20. The Balaban J connectivity index is 2.35. The summed E-state index contributed by atoms with van der Waals surface area (Å²) in [4.78, 5) is 11.1. The van der Waals surface area contributed by atoms with Gasteiger partial charge in [-0.05, 0) is 11.4 Å². The van der Waals surface area contributed by atoms with Crippen molar-refractivity contribution in [1.82, 2.24) is 0 Å². The Morgan fingerprint density at radius 3 is 2.93 bits per heavy atom. The summed E-state index contributed by atoms with van der Waals surface area (Å²) in [5.41, 5.74) is -1.48. The second-order valence-electron chi connectivity index (χ2n) is 2.92. The molecule has 1 saturated heterocycles. The van der Waals surface area contributed by atoms with E-state index in [-0.39, 0.29) is 13.2 Å². The summed E-state index contributed by atoms with van der Waals surface area (Å²) >= 11 is 1.31. The lowest BCUT2D eigenvalue weighted by atomic mass is 10.2. The zero-order chi connectivity index (χ0) is 10.0. The van der Waals surface area contributed by atoms with E-state index >= 15 is 0 Å². The van der Waals surface area contributed by atoms with Crippen LogP contribution in [-0.4, -0.2) is 24.7 Å². The number of nitro groups is 1. The van der Waals surface area contributed by atoms with Crippen molar-refractivity contribution < 1.29 is 14.4 Å². The Bertz CT molecular complexity index is 318. The van der Waals surface area contributed by atoms with Crippen molar-refractivity contribution in [2.24, 2.45) is 0 Å². The summed E-state index contributed by atoms with van der Waals surface area (Å²) in [5, 5.41) is 12.8. The Labute approximate surface area is 84.4 Å². The Morgan fingerprint density at radius 1 is 1.57 bits per heavy atom. The number of nitrogens with zero attached hydrogens (tertiary/aromatic N) is 1.